The maximum Gasteiger partial charge on any atom is 0.222 e. The first-order valence-electron chi connectivity index (χ1n) is 9.68. The maximum absolute atomic E-state index is 11.8. The number of rotatable bonds is 5. The zero-order valence-corrected chi connectivity index (χ0v) is 16.9. The van der Waals surface area contributed by atoms with E-state index < -0.39 is 0 Å². The quantitative estimate of drug-likeness (QED) is 0.628. The number of guanidine groups is 1. The normalized spacial score (nSPS) is 18.1. The van der Waals surface area contributed by atoms with Gasteiger partial charge in [-0.15, -0.1) is 0 Å². The largest absolute Gasteiger partial charge is 0.356 e. The highest BCUT2D eigenvalue weighted by atomic mass is 16.2. The summed E-state index contributed by atoms with van der Waals surface area (Å²) in [7, 11) is 1.79. The van der Waals surface area contributed by atoms with Gasteiger partial charge in [0.25, 0.3) is 0 Å². The van der Waals surface area contributed by atoms with Gasteiger partial charge in [-0.2, -0.15) is 0 Å². The third kappa shape index (κ3) is 5.75. The average molecular weight is 359 g/mol. The molecule has 1 aromatic rings. The molecule has 0 spiro atoms. The van der Waals surface area contributed by atoms with Crippen molar-refractivity contribution in [2.75, 3.05) is 26.7 Å². The lowest BCUT2D eigenvalue weighted by molar-refractivity contribution is -0.129. The summed E-state index contributed by atoms with van der Waals surface area (Å²) in [6, 6.07) is 9.15. The molecule has 5 heteroatoms. The van der Waals surface area contributed by atoms with Crippen molar-refractivity contribution in [2.45, 2.75) is 58.4 Å². The number of benzene rings is 1. The number of carbonyl (C=O) groups is 1. The number of nitrogens with zero attached hydrogens (tertiary/aromatic N) is 2. The van der Waals surface area contributed by atoms with Crippen LogP contribution in [0.1, 0.15) is 51.7 Å². The molecule has 26 heavy (non-hydrogen) atoms. The molecular weight excluding hydrogens is 324 g/mol. The van der Waals surface area contributed by atoms with E-state index in [4.69, 9.17) is 0 Å². The number of likely N-dealkylation sites (tertiary alicyclic amines) is 1. The Balaban J connectivity index is 1.76. The second kappa shape index (κ2) is 9.06. The summed E-state index contributed by atoms with van der Waals surface area (Å²) < 4.78 is 0. The highest BCUT2D eigenvalue weighted by molar-refractivity contribution is 5.80. The van der Waals surface area contributed by atoms with Crippen LogP contribution in [0.15, 0.2) is 29.3 Å². The van der Waals surface area contributed by atoms with E-state index in [-0.39, 0.29) is 17.4 Å². The van der Waals surface area contributed by atoms with Crippen LogP contribution < -0.4 is 10.6 Å². The fourth-order valence-corrected chi connectivity index (χ4v) is 3.21. The molecule has 1 aliphatic rings. The number of aliphatic imine (C=N–C) groups is 1. The average Bonchev–Trinajstić information content (AvgIpc) is 3.08. The molecule has 0 aliphatic carbocycles. The first-order valence-corrected chi connectivity index (χ1v) is 9.68. The van der Waals surface area contributed by atoms with Gasteiger partial charge in [-0.3, -0.25) is 9.79 Å². The lowest BCUT2D eigenvalue weighted by atomic mass is 9.86. The Morgan fingerprint density at radius 1 is 1.27 bits per heavy atom. The van der Waals surface area contributed by atoms with Crippen molar-refractivity contribution < 1.29 is 4.79 Å². The van der Waals surface area contributed by atoms with Crippen molar-refractivity contribution >= 4 is 11.9 Å². The van der Waals surface area contributed by atoms with Gasteiger partial charge in [-0.25, -0.2) is 0 Å². The van der Waals surface area contributed by atoms with E-state index in [2.05, 4.69) is 60.7 Å². The molecule has 2 rings (SSSR count). The Kier molecular flexibility index (Phi) is 7.06. The van der Waals surface area contributed by atoms with Gasteiger partial charge >= 0.3 is 0 Å². The molecule has 2 N–H and O–H groups in total. The number of nitrogens with one attached hydrogen (secondary N) is 2. The zero-order chi connectivity index (χ0) is 19.2. The molecule has 1 heterocycles. The van der Waals surface area contributed by atoms with Gasteiger partial charge < -0.3 is 15.5 Å². The summed E-state index contributed by atoms with van der Waals surface area (Å²) in [6.07, 6.45) is 2.50. The van der Waals surface area contributed by atoms with E-state index in [9.17, 15) is 4.79 Å². The second-order valence-electron chi connectivity index (χ2n) is 8.02. The van der Waals surface area contributed by atoms with E-state index in [1.54, 1.807) is 7.05 Å². The van der Waals surface area contributed by atoms with Gasteiger partial charge in [-0.05, 0) is 29.4 Å². The van der Waals surface area contributed by atoms with Crippen LogP contribution in [0, 0.1) is 0 Å². The fraction of sp³-hybridized carbons (Fsp3) is 0.619. The molecule has 1 amide bonds. The van der Waals surface area contributed by atoms with Gasteiger partial charge in [0.05, 0.1) is 0 Å². The van der Waals surface area contributed by atoms with Crippen LogP contribution in [0.2, 0.25) is 0 Å². The lowest BCUT2D eigenvalue weighted by Gasteiger charge is -2.20. The molecule has 0 saturated carbocycles. The molecule has 1 fully saturated rings. The predicted molar refractivity (Wildman–Crippen MR) is 109 cm³/mol. The van der Waals surface area contributed by atoms with E-state index in [0.29, 0.717) is 6.42 Å². The molecule has 5 nitrogen and oxygen atoms in total. The van der Waals surface area contributed by atoms with Crippen molar-refractivity contribution in [3.63, 3.8) is 0 Å². The SMILES string of the molecule is CCC(=O)N1CCC(NC(=NC)NCCc2ccc(C(C)(C)C)cc2)C1. The van der Waals surface area contributed by atoms with Crippen LogP contribution in [-0.4, -0.2) is 49.5 Å². The van der Waals surface area contributed by atoms with Gasteiger partial charge in [0.1, 0.15) is 0 Å². The van der Waals surface area contributed by atoms with E-state index in [1.165, 1.54) is 11.1 Å². The Bertz CT molecular complexity index is 616. The molecule has 1 aromatic carbocycles. The maximum atomic E-state index is 11.8. The van der Waals surface area contributed by atoms with Crippen LogP contribution in [0.5, 0.6) is 0 Å². The summed E-state index contributed by atoms with van der Waals surface area (Å²) in [4.78, 5) is 18.0. The minimum Gasteiger partial charge on any atom is -0.356 e. The van der Waals surface area contributed by atoms with Gasteiger partial charge in [0.15, 0.2) is 5.96 Å². The van der Waals surface area contributed by atoms with E-state index in [0.717, 1.165) is 38.4 Å². The van der Waals surface area contributed by atoms with E-state index in [1.807, 2.05) is 11.8 Å². The first kappa shape index (κ1) is 20.3. The monoisotopic (exact) mass is 358 g/mol. The van der Waals surface area contributed by atoms with Crippen molar-refractivity contribution in [1.29, 1.82) is 0 Å². The van der Waals surface area contributed by atoms with Gasteiger partial charge in [0, 0.05) is 39.1 Å². The highest BCUT2D eigenvalue weighted by Crippen LogP contribution is 2.22. The third-order valence-corrected chi connectivity index (χ3v) is 4.93. The Morgan fingerprint density at radius 2 is 1.96 bits per heavy atom. The van der Waals surface area contributed by atoms with Crippen LogP contribution >= 0.6 is 0 Å². The van der Waals surface area contributed by atoms with Crippen molar-refractivity contribution in [3.8, 4) is 0 Å². The summed E-state index contributed by atoms with van der Waals surface area (Å²) in [5, 5.41) is 6.82. The molecule has 1 atom stereocenters. The molecule has 144 valence electrons. The summed E-state index contributed by atoms with van der Waals surface area (Å²) in [6.45, 7) is 11.0. The molecule has 1 saturated heterocycles. The third-order valence-electron chi connectivity index (χ3n) is 4.93. The smallest absolute Gasteiger partial charge is 0.222 e. The second-order valence-corrected chi connectivity index (χ2v) is 8.02. The van der Waals surface area contributed by atoms with Crippen LogP contribution in [0.3, 0.4) is 0 Å². The Labute approximate surface area is 158 Å². The molecule has 0 bridgehead atoms. The minimum atomic E-state index is 0.192. The van der Waals surface area contributed by atoms with Gasteiger partial charge in [0.2, 0.25) is 5.91 Å². The van der Waals surface area contributed by atoms with E-state index >= 15 is 0 Å². The fourth-order valence-electron chi connectivity index (χ4n) is 3.21. The van der Waals surface area contributed by atoms with Crippen LogP contribution in [0.4, 0.5) is 0 Å². The van der Waals surface area contributed by atoms with Crippen molar-refractivity contribution in [1.82, 2.24) is 15.5 Å². The van der Waals surface area contributed by atoms with Crippen LogP contribution in [-0.2, 0) is 16.6 Å². The summed E-state index contributed by atoms with van der Waals surface area (Å²) in [5.74, 6) is 1.04. The standard InChI is InChI=1S/C21H34N4O/c1-6-19(26)25-14-12-18(15-25)24-20(22-5)23-13-11-16-7-9-17(10-8-16)21(2,3)4/h7-10,18H,6,11-15H2,1-5H3,(H2,22,23,24). The minimum absolute atomic E-state index is 0.192. The lowest BCUT2D eigenvalue weighted by Crippen LogP contribution is -2.45. The topological polar surface area (TPSA) is 56.7 Å². The number of hydrogen-bond donors (Lipinski definition) is 2. The summed E-state index contributed by atoms with van der Waals surface area (Å²) >= 11 is 0. The number of carbonyl (C=O) groups excluding carboxylic acids is 1. The molecule has 0 aromatic heterocycles. The molecule has 1 unspecified atom stereocenters. The van der Waals surface area contributed by atoms with Crippen LogP contribution in [0.25, 0.3) is 0 Å². The zero-order valence-electron chi connectivity index (χ0n) is 16.9. The summed E-state index contributed by atoms with van der Waals surface area (Å²) in [5.41, 5.74) is 2.87. The Hall–Kier alpha value is -2.04. The van der Waals surface area contributed by atoms with Crippen molar-refractivity contribution in [3.05, 3.63) is 35.4 Å². The van der Waals surface area contributed by atoms with Crippen molar-refractivity contribution in [2.24, 2.45) is 4.99 Å². The Morgan fingerprint density at radius 3 is 2.54 bits per heavy atom. The molecule has 1 aliphatic heterocycles. The first-order chi connectivity index (χ1) is 12.3. The predicted octanol–water partition coefficient (Wildman–Crippen LogP) is 2.70. The number of amides is 1. The molecule has 0 radical (unpaired) electrons. The highest BCUT2D eigenvalue weighted by Gasteiger charge is 2.25. The molecular formula is C21H34N4O. The van der Waals surface area contributed by atoms with Gasteiger partial charge in [-0.1, -0.05) is 52.0 Å². The number of hydrogen-bond acceptors (Lipinski definition) is 2.